The summed E-state index contributed by atoms with van der Waals surface area (Å²) in [6.45, 7) is 0. The second kappa shape index (κ2) is 11.5. The van der Waals surface area contributed by atoms with E-state index in [0.29, 0.717) is 0 Å². The van der Waals surface area contributed by atoms with E-state index in [0.717, 1.165) is 22.4 Å². The topological polar surface area (TPSA) is 25.8 Å². The molecule has 50 heavy (non-hydrogen) atoms. The number of rotatable bonds is 4. The van der Waals surface area contributed by atoms with E-state index in [2.05, 4.69) is 163 Å². The Hall–Kier alpha value is -6.64. The molecule has 0 amide bonds. The lowest BCUT2D eigenvalue weighted by Crippen LogP contribution is -1.94. The highest BCUT2D eigenvalue weighted by atomic mass is 14.7. The molecule has 0 atom stereocenters. The van der Waals surface area contributed by atoms with Crippen LogP contribution in [0.1, 0.15) is 0 Å². The van der Waals surface area contributed by atoms with Crippen LogP contribution in [0.2, 0.25) is 0 Å². The Morgan fingerprint density at radius 1 is 0.320 bits per heavy atom. The fraction of sp³-hybridized carbons (Fsp3) is 0. The van der Waals surface area contributed by atoms with E-state index in [1.165, 1.54) is 76.1 Å². The SMILES string of the molecule is c1cncc(-c2ccc(-c3ccc4c(-c5cc6ccccc6c6ccccc56)c5ccccc5c(-c5cccc6ccccc56)c4c3)nc2)c1. The van der Waals surface area contributed by atoms with Gasteiger partial charge in [0.15, 0.2) is 0 Å². The van der Waals surface area contributed by atoms with Gasteiger partial charge in [0, 0.05) is 35.3 Å². The highest BCUT2D eigenvalue weighted by molar-refractivity contribution is 6.27. The van der Waals surface area contributed by atoms with Gasteiger partial charge >= 0.3 is 0 Å². The Kier molecular flexibility index (Phi) is 6.53. The molecule has 10 aromatic rings. The van der Waals surface area contributed by atoms with Crippen LogP contribution in [0.3, 0.4) is 0 Å². The first-order chi connectivity index (χ1) is 24.8. The molecule has 2 heterocycles. The lowest BCUT2D eigenvalue weighted by molar-refractivity contribution is 1.30. The predicted molar refractivity (Wildman–Crippen MR) is 211 cm³/mol. The minimum Gasteiger partial charge on any atom is -0.264 e. The van der Waals surface area contributed by atoms with Crippen LogP contribution in [0.5, 0.6) is 0 Å². The first kappa shape index (κ1) is 28.4. The summed E-state index contributed by atoms with van der Waals surface area (Å²) in [6, 6.07) is 59.5. The average Bonchev–Trinajstić information content (AvgIpc) is 3.20. The summed E-state index contributed by atoms with van der Waals surface area (Å²) in [4.78, 5) is 9.28. The second-order valence-corrected chi connectivity index (χ2v) is 12.9. The van der Waals surface area contributed by atoms with Gasteiger partial charge in [-0.1, -0.05) is 140 Å². The van der Waals surface area contributed by atoms with Gasteiger partial charge in [-0.05, 0) is 100 Å². The third-order valence-electron chi connectivity index (χ3n) is 10.2. The van der Waals surface area contributed by atoms with Gasteiger partial charge in [-0.3, -0.25) is 9.97 Å². The van der Waals surface area contributed by atoms with Crippen molar-refractivity contribution in [3.05, 3.63) is 182 Å². The molecular formula is C48H30N2. The molecule has 0 spiro atoms. The molecule has 0 aliphatic heterocycles. The predicted octanol–water partition coefficient (Wildman–Crippen LogP) is 12.9. The lowest BCUT2D eigenvalue weighted by atomic mass is 9.82. The van der Waals surface area contributed by atoms with Crippen molar-refractivity contribution in [2.75, 3.05) is 0 Å². The maximum atomic E-state index is 4.97. The van der Waals surface area contributed by atoms with Crippen molar-refractivity contribution >= 4 is 53.9 Å². The van der Waals surface area contributed by atoms with E-state index in [1.807, 2.05) is 18.5 Å². The molecular weight excluding hydrogens is 605 g/mol. The summed E-state index contributed by atoms with van der Waals surface area (Å²) in [5, 5.41) is 12.4. The minimum absolute atomic E-state index is 0.939. The highest BCUT2D eigenvalue weighted by Gasteiger charge is 2.21. The monoisotopic (exact) mass is 634 g/mol. The molecule has 8 aromatic carbocycles. The molecule has 0 saturated carbocycles. The van der Waals surface area contributed by atoms with Crippen molar-refractivity contribution in [3.63, 3.8) is 0 Å². The standard InChI is InChI=1S/C48H30N2/c1-3-15-36-31(11-1)13-9-21-40(36)47-41-19-7-8-20-42(41)48(44-27-32-12-2-4-16-37(32)38-17-5-6-18-39(38)44)43-24-22-33(28-45(43)47)46-25-23-35(30-50-46)34-14-10-26-49-29-34/h1-30H. The number of pyridine rings is 2. The van der Waals surface area contributed by atoms with Gasteiger partial charge in [0.05, 0.1) is 5.69 Å². The van der Waals surface area contributed by atoms with E-state index < -0.39 is 0 Å². The molecule has 0 N–H and O–H groups in total. The maximum absolute atomic E-state index is 4.97. The number of nitrogens with zero attached hydrogens (tertiary/aromatic N) is 2. The fourth-order valence-electron chi connectivity index (χ4n) is 7.89. The molecule has 0 fully saturated rings. The van der Waals surface area contributed by atoms with E-state index >= 15 is 0 Å². The second-order valence-electron chi connectivity index (χ2n) is 12.9. The van der Waals surface area contributed by atoms with Gasteiger partial charge in [-0.2, -0.15) is 0 Å². The van der Waals surface area contributed by atoms with Crippen LogP contribution in [-0.4, -0.2) is 9.97 Å². The highest BCUT2D eigenvalue weighted by Crippen LogP contribution is 2.48. The molecule has 0 aliphatic rings. The Morgan fingerprint density at radius 3 is 1.70 bits per heavy atom. The lowest BCUT2D eigenvalue weighted by Gasteiger charge is -2.21. The number of benzene rings is 8. The van der Waals surface area contributed by atoms with Crippen molar-refractivity contribution in [1.29, 1.82) is 0 Å². The van der Waals surface area contributed by atoms with E-state index in [1.54, 1.807) is 6.20 Å². The first-order valence-electron chi connectivity index (χ1n) is 17.1. The quantitative estimate of drug-likeness (QED) is 0.142. The van der Waals surface area contributed by atoms with Crippen LogP contribution in [0, 0.1) is 0 Å². The van der Waals surface area contributed by atoms with Crippen molar-refractivity contribution < 1.29 is 0 Å². The molecule has 2 nitrogen and oxygen atoms in total. The first-order valence-corrected chi connectivity index (χ1v) is 17.1. The van der Waals surface area contributed by atoms with Gasteiger partial charge in [0.25, 0.3) is 0 Å². The smallest absolute Gasteiger partial charge is 0.0702 e. The molecule has 0 radical (unpaired) electrons. The fourth-order valence-corrected chi connectivity index (χ4v) is 7.89. The third kappa shape index (κ3) is 4.50. The zero-order valence-electron chi connectivity index (χ0n) is 27.2. The van der Waals surface area contributed by atoms with Crippen molar-refractivity contribution in [2.45, 2.75) is 0 Å². The van der Waals surface area contributed by atoms with Crippen LogP contribution in [-0.2, 0) is 0 Å². The molecule has 232 valence electrons. The van der Waals surface area contributed by atoms with Gasteiger partial charge in [-0.25, -0.2) is 0 Å². The van der Waals surface area contributed by atoms with Crippen molar-refractivity contribution in [3.8, 4) is 44.6 Å². The van der Waals surface area contributed by atoms with Crippen LogP contribution in [0.15, 0.2) is 182 Å². The largest absolute Gasteiger partial charge is 0.264 e. The third-order valence-corrected chi connectivity index (χ3v) is 10.2. The molecule has 0 unspecified atom stereocenters. The number of hydrogen-bond acceptors (Lipinski definition) is 2. The molecule has 0 bridgehead atoms. The van der Waals surface area contributed by atoms with Crippen molar-refractivity contribution in [1.82, 2.24) is 9.97 Å². The van der Waals surface area contributed by atoms with Gasteiger partial charge < -0.3 is 0 Å². The molecule has 2 heteroatoms. The summed E-state index contributed by atoms with van der Waals surface area (Å²) in [5.74, 6) is 0. The maximum Gasteiger partial charge on any atom is 0.0702 e. The van der Waals surface area contributed by atoms with Crippen LogP contribution >= 0.6 is 0 Å². The number of aromatic nitrogens is 2. The zero-order valence-corrected chi connectivity index (χ0v) is 27.2. The van der Waals surface area contributed by atoms with Gasteiger partial charge in [0.1, 0.15) is 0 Å². The molecule has 2 aromatic heterocycles. The van der Waals surface area contributed by atoms with E-state index in [-0.39, 0.29) is 0 Å². The Labute approximate surface area is 290 Å². The summed E-state index contributed by atoms with van der Waals surface area (Å²) < 4.78 is 0. The summed E-state index contributed by atoms with van der Waals surface area (Å²) in [6.07, 6.45) is 5.63. The summed E-state index contributed by atoms with van der Waals surface area (Å²) >= 11 is 0. The summed E-state index contributed by atoms with van der Waals surface area (Å²) in [7, 11) is 0. The average molecular weight is 635 g/mol. The molecule has 0 saturated heterocycles. The summed E-state index contributed by atoms with van der Waals surface area (Å²) in [5.41, 5.74) is 9.11. The Morgan fingerprint density at radius 2 is 0.940 bits per heavy atom. The normalized spacial score (nSPS) is 11.6. The zero-order chi connectivity index (χ0) is 33.0. The Balaban J connectivity index is 1.32. The molecule has 10 rings (SSSR count). The van der Waals surface area contributed by atoms with Gasteiger partial charge in [-0.15, -0.1) is 0 Å². The number of hydrogen-bond donors (Lipinski definition) is 0. The number of fused-ring (bicyclic) bond motifs is 6. The van der Waals surface area contributed by atoms with Crippen LogP contribution in [0.25, 0.3) is 98.5 Å². The van der Waals surface area contributed by atoms with Crippen LogP contribution < -0.4 is 0 Å². The van der Waals surface area contributed by atoms with E-state index in [9.17, 15) is 0 Å². The Bertz CT molecular complexity index is 2900. The van der Waals surface area contributed by atoms with Crippen LogP contribution in [0.4, 0.5) is 0 Å². The molecule has 0 aliphatic carbocycles. The van der Waals surface area contributed by atoms with Crippen molar-refractivity contribution in [2.24, 2.45) is 0 Å². The van der Waals surface area contributed by atoms with Gasteiger partial charge in [0.2, 0.25) is 0 Å². The minimum atomic E-state index is 0.939. The van der Waals surface area contributed by atoms with E-state index in [4.69, 9.17) is 4.98 Å².